The zero-order valence-electron chi connectivity index (χ0n) is 14.2. The molecule has 1 rings (SSSR count). The highest BCUT2D eigenvalue weighted by atomic mass is 16.5. The van der Waals surface area contributed by atoms with Crippen molar-refractivity contribution in [2.24, 2.45) is 0 Å². The van der Waals surface area contributed by atoms with Crippen LogP contribution in [0.3, 0.4) is 0 Å². The number of hydrogen-bond acceptors (Lipinski definition) is 3. The number of para-hydroxylation sites is 1. The van der Waals surface area contributed by atoms with Gasteiger partial charge >= 0.3 is 0 Å². The Kier molecular flexibility index (Phi) is 7.76. The van der Waals surface area contributed by atoms with E-state index in [1.807, 2.05) is 6.07 Å². The zero-order valence-corrected chi connectivity index (χ0v) is 14.2. The van der Waals surface area contributed by atoms with Crippen molar-refractivity contribution in [3.05, 3.63) is 29.8 Å². The summed E-state index contributed by atoms with van der Waals surface area (Å²) in [6.07, 6.45) is 3.07. The van der Waals surface area contributed by atoms with Crippen molar-refractivity contribution in [1.29, 1.82) is 0 Å². The molecule has 0 heterocycles. The van der Waals surface area contributed by atoms with Crippen LogP contribution < -0.4 is 10.1 Å². The Labute approximate surface area is 130 Å². The molecule has 0 bridgehead atoms. The van der Waals surface area contributed by atoms with Crippen LogP contribution in [0.15, 0.2) is 24.3 Å². The summed E-state index contributed by atoms with van der Waals surface area (Å²) in [5, 5.41) is 3.59. The van der Waals surface area contributed by atoms with E-state index in [1.54, 1.807) is 7.11 Å². The summed E-state index contributed by atoms with van der Waals surface area (Å²) in [6.45, 7) is 10.3. The SMILES string of the molecule is CCCNC(CC)c1ccccc1OCCC(C)(C)OC. The minimum atomic E-state index is -0.139. The first-order valence-corrected chi connectivity index (χ1v) is 8.04. The molecule has 0 aliphatic heterocycles. The normalized spacial score (nSPS) is 13.2. The summed E-state index contributed by atoms with van der Waals surface area (Å²) in [4.78, 5) is 0. The Morgan fingerprint density at radius 2 is 1.90 bits per heavy atom. The van der Waals surface area contributed by atoms with Crippen LogP contribution in [0.5, 0.6) is 5.75 Å². The molecule has 0 radical (unpaired) electrons. The van der Waals surface area contributed by atoms with Crippen molar-refractivity contribution >= 4 is 0 Å². The van der Waals surface area contributed by atoms with Gasteiger partial charge in [0.2, 0.25) is 0 Å². The average molecular weight is 293 g/mol. The molecular weight excluding hydrogens is 262 g/mol. The van der Waals surface area contributed by atoms with E-state index >= 15 is 0 Å². The first-order valence-electron chi connectivity index (χ1n) is 8.04. The lowest BCUT2D eigenvalue weighted by atomic mass is 10.0. The van der Waals surface area contributed by atoms with E-state index in [2.05, 4.69) is 51.2 Å². The summed E-state index contributed by atoms with van der Waals surface area (Å²) in [5.74, 6) is 0.986. The van der Waals surface area contributed by atoms with E-state index in [4.69, 9.17) is 9.47 Å². The highest BCUT2D eigenvalue weighted by Crippen LogP contribution is 2.27. The summed E-state index contributed by atoms with van der Waals surface area (Å²) in [5.41, 5.74) is 1.11. The molecule has 0 amide bonds. The van der Waals surface area contributed by atoms with E-state index in [1.165, 1.54) is 5.56 Å². The van der Waals surface area contributed by atoms with E-state index < -0.39 is 0 Å². The molecule has 21 heavy (non-hydrogen) atoms. The fourth-order valence-electron chi connectivity index (χ4n) is 2.20. The van der Waals surface area contributed by atoms with Crippen molar-refractivity contribution in [1.82, 2.24) is 5.32 Å². The lowest BCUT2D eigenvalue weighted by Crippen LogP contribution is -2.26. The second kappa shape index (κ2) is 9.06. The third-order valence-corrected chi connectivity index (χ3v) is 3.86. The average Bonchev–Trinajstić information content (AvgIpc) is 2.49. The Hall–Kier alpha value is -1.06. The van der Waals surface area contributed by atoms with Crippen molar-refractivity contribution in [2.45, 2.75) is 58.6 Å². The molecule has 3 heteroatoms. The van der Waals surface area contributed by atoms with Gasteiger partial charge in [-0.2, -0.15) is 0 Å². The number of hydrogen-bond donors (Lipinski definition) is 1. The molecule has 1 aromatic carbocycles. The van der Waals surface area contributed by atoms with Gasteiger partial charge < -0.3 is 14.8 Å². The summed E-state index contributed by atoms with van der Waals surface area (Å²) >= 11 is 0. The fourth-order valence-corrected chi connectivity index (χ4v) is 2.20. The van der Waals surface area contributed by atoms with Gasteiger partial charge in [-0.1, -0.05) is 32.0 Å². The summed E-state index contributed by atoms with van der Waals surface area (Å²) in [7, 11) is 1.75. The van der Waals surface area contributed by atoms with E-state index in [0.717, 1.165) is 31.6 Å². The van der Waals surface area contributed by atoms with E-state index in [-0.39, 0.29) is 5.60 Å². The van der Waals surface area contributed by atoms with Gasteiger partial charge in [0.1, 0.15) is 5.75 Å². The first kappa shape index (κ1) is 18.0. The lowest BCUT2D eigenvalue weighted by Gasteiger charge is -2.24. The Morgan fingerprint density at radius 1 is 1.19 bits per heavy atom. The van der Waals surface area contributed by atoms with Crippen LogP contribution in [0.2, 0.25) is 0 Å². The van der Waals surface area contributed by atoms with Gasteiger partial charge in [-0.3, -0.25) is 0 Å². The summed E-state index contributed by atoms with van der Waals surface area (Å²) < 4.78 is 11.5. The van der Waals surface area contributed by atoms with Crippen molar-refractivity contribution < 1.29 is 9.47 Å². The predicted octanol–water partition coefficient (Wildman–Crippen LogP) is 4.33. The second-order valence-electron chi connectivity index (χ2n) is 6.02. The molecule has 1 atom stereocenters. The Balaban J connectivity index is 2.69. The van der Waals surface area contributed by atoms with Crippen LogP contribution in [-0.2, 0) is 4.74 Å². The van der Waals surface area contributed by atoms with Crippen LogP contribution >= 0.6 is 0 Å². The predicted molar refractivity (Wildman–Crippen MR) is 89.0 cm³/mol. The molecule has 0 aromatic heterocycles. The van der Waals surface area contributed by atoms with E-state index in [0.29, 0.717) is 12.6 Å². The smallest absolute Gasteiger partial charge is 0.124 e. The monoisotopic (exact) mass is 293 g/mol. The first-order chi connectivity index (χ1) is 10.0. The topological polar surface area (TPSA) is 30.5 Å². The highest BCUT2D eigenvalue weighted by Gasteiger charge is 2.17. The number of benzene rings is 1. The van der Waals surface area contributed by atoms with Gasteiger partial charge in [-0.15, -0.1) is 0 Å². The molecule has 0 saturated carbocycles. The van der Waals surface area contributed by atoms with Crippen LogP contribution in [0.25, 0.3) is 0 Å². The molecule has 0 aliphatic carbocycles. The number of ether oxygens (including phenoxy) is 2. The lowest BCUT2D eigenvalue weighted by molar-refractivity contribution is 0.00534. The molecule has 0 fully saturated rings. The van der Waals surface area contributed by atoms with Gasteiger partial charge in [0.05, 0.1) is 12.2 Å². The number of rotatable bonds is 10. The molecule has 120 valence electrons. The maximum Gasteiger partial charge on any atom is 0.124 e. The standard InChI is InChI=1S/C18H31NO2/c1-6-13-19-16(7-2)15-10-8-9-11-17(15)21-14-12-18(3,4)20-5/h8-11,16,19H,6-7,12-14H2,1-5H3. The van der Waals surface area contributed by atoms with Gasteiger partial charge in [0.25, 0.3) is 0 Å². The Bertz CT molecular complexity index is 404. The summed E-state index contributed by atoms with van der Waals surface area (Å²) in [6, 6.07) is 8.69. The third kappa shape index (κ3) is 6.06. The number of nitrogens with one attached hydrogen (secondary N) is 1. The second-order valence-corrected chi connectivity index (χ2v) is 6.02. The molecular formula is C18H31NO2. The molecule has 1 unspecified atom stereocenters. The quantitative estimate of drug-likeness (QED) is 0.696. The maximum atomic E-state index is 6.02. The molecule has 1 N–H and O–H groups in total. The van der Waals surface area contributed by atoms with Crippen LogP contribution in [0.4, 0.5) is 0 Å². The van der Waals surface area contributed by atoms with E-state index in [9.17, 15) is 0 Å². The van der Waals surface area contributed by atoms with Crippen molar-refractivity contribution in [3.63, 3.8) is 0 Å². The molecule has 0 spiro atoms. The van der Waals surface area contributed by atoms with Crippen LogP contribution in [0.1, 0.15) is 58.6 Å². The Morgan fingerprint density at radius 3 is 2.52 bits per heavy atom. The van der Waals surface area contributed by atoms with Crippen molar-refractivity contribution in [2.75, 3.05) is 20.3 Å². The van der Waals surface area contributed by atoms with Gasteiger partial charge in [0.15, 0.2) is 0 Å². The number of methoxy groups -OCH3 is 1. The van der Waals surface area contributed by atoms with Crippen molar-refractivity contribution in [3.8, 4) is 5.75 Å². The fraction of sp³-hybridized carbons (Fsp3) is 0.667. The third-order valence-electron chi connectivity index (χ3n) is 3.86. The molecule has 0 saturated heterocycles. The molecule has 3 nitrogen and oxygen atoms in total. The van der Waals surface area contributed by atoms with Gasteiger partial charge in [0, 0.05) is 25.1 Å². The highest BCUT2D eigenvalue weighted by molar-refractivity contribution is 5.35. The van der Waals surface area contributed by atoms with Crippen LogP contribution in [-0.4, -0.2) is 25.9 Å². The minimum absolute atomic E-state index is 0.139. The zero-order chi connectivity index (χ0) is 15.7. The molecule has 1 aromatic rings. The van der Waals surface area contributed by atoms with Crippen LogP contribution in [0, 0.1) is 0 Å². The minimum Gasteiger partial charge on any atom is -0.493 e. The van der Waals surface area contributed by atoms with Gasteiger partial charge in [-0.05, 0) is 39.3 Å². The largest absolute Gasteiger partial charge is 0.493 e. The van der Waals surface area contributed by atoms with Gasteiger partial charge in [-0.25, -0.2) is 0 Å². The molecule has 0 aliphatic rings. The maximum absolute atomic E-state index is 6.02.